The van der Waals surface area contributed by atoms with E-state index in [2.05, 4.69) is 30.5 Å². The topological polar surface area (TPSA) is 8.81 Å². The van der Waals surface area contributed by atoms with Gasteiger partial charge in [-0.1, -0.05) is 30.3 Å². The highest BCUT2D eigenvalue weighted by Crippen LogP contribution is 2.33. The molecule has 27 heavy (non-hydrogen) atoms. The van der Waals surface area contributed by atoms with E-state index < -0.39 is 11.6 Å². The Bertz CT molecular complexity index is 1150. The van der Waals surface area contributed by atoms with E-state index in [0.29, 0.717) is 17.0 Å². The predicted molar refractivity (Wildman–Crippen MR) is 104 cm³/mol. The Hall–Kier alpha value is -3.01. The second-order valence-electron chi connectivity index (χ2n) is 7.03. The maximum Gasteiger partial charge on any atom is 0.298 e. The summed E-state index contributed by atoms with van der Waals surface area (Å²) in [6, 6.07) is 16.4. The molecule has 0 spiro atoms. The summed E-state index contributed by atoms with van der Waals surface area (Å²) in [4.78, 5) is 0. The van der Waals surface area contributed by atoms with Crippen molar-refractivity contribution in [3.63, 3.8) is 0 Å². The SMILES string of the molecule is Cc1cc(F)cc(F)c1-c1n(-c2c(C)cccc2C)c2ccccc2[n+]1C. The fourth-order valence-electron chi connectivity index (χ4n) is 3.96. The van der Waals surface area contributed by atoms with Crippen LogP contribution in [0.15, 0.2) is 54.6 Å². The quantitative estimate of drug-likeness (QED) is 0.426. The lowest BCUT2D eigenvalue weighted by Gasteiger charge is -2.11. The zero-order valence-corrected chi connectivity index (χ0v) is 15.8. The number of aromatic nitrogens is 2. The first kappa shape index (κ1) is 17.4. The molecule has 0 fully saturated rings. The zero-order chi connectivity index (χ0) is 19.3. The highest BCUT2D eigenvalue weighted by molar-refractivity contribution is 5.80. The molecule has 0 N–H and O–H groups in total. The Morgan fingerprint density at radius 2 is 1.48 bits per heavy atom. The Morgan fingerprint density at radius 3 is 2.15 bits per heavy atom. The van der Waals surface area contributed by atoms with Gasteiger partial charge in [0, 0.05) is 6.07 Å². The van der Waals surface area contributed by atoms with E-state index >= 15 is 0 Å². The number of halogens is 2. The lowest BCUT2D eigenvalue weighted by atomic mass is 10.0. The Labute approximate surface area is 157 Å². The molecular formula is C23H21F2N2+. The maximum absolute atomic E-state index is 14.9. The third-order valence-electron chi connectivity index (χ3n) is 5.15. The lowest BCUT2D eigenvalue weighted by molar-refractivity contribution is -0.633. The van der Waals surface area contributed by atoms with Gasteiger partial charge in [0.2, 0.25) is 0 Å². The first-order valence-electron chi connectivity index (χ1n) is 8.92. The molecule has 136 valence electrons. The van der Waals surface area contributed by atoms with Crippen molar-refractivity contribution in [1.82, 2.24) is 4.57 Å². The van der Waals surface area contributed by atoms with Gasteiger partial charge in [0.15, 0.2) is 11.0 Å². The van der Waals surface area contributed by atoms with Crippen molar-refractivity contribution in [2.24, 2.45) is 7.05 Å². The summed E-state index contributed by atoms with van der Waals surface area (Å²) in [5.74, 6) is -0.423. The van der Waals surface area contributed by atoms with Crippen LogP contribution in [-0.4, -0.2) is 4.57 Å². The smallest absolute Gasteiger partial charge is 0.225 e. The molecule has 0 bridgehead atoms. The molecular weight excluding hydrogens is 342 g/mol. The summed E-state index contributed by atoms with van der Waals surface area (Å²) in [6.45, 7) is 5.84. The van der Waals surface area contributed by atoms with Crippen LogP contribution in [0.2, 0.25) is 0 Å². The van der Waals surface area contributed by atoms with Gasteiger partial charge in [0.1, 0.15) is 22.9 Å². The van der Waals surface area contributed by atoms with E-state index in [4.69, 9.17) is 0 Å². The zero-order valence-electron chi connectivity index (χ0n) is 15.8. The molecule has 0 atom stereocenters. The average Bonchev–Trinajstić information content (AvgIpc) is 2.88. The van der Waals surface area contributed by atoms with Crippen LogP contribution in [0.25, 0.3) is 28.1 Å². The van der Waals surface area contributed by atoms with Crippen LogP contribution in [0.5, 0.6) is 0 Å². The van der Waals surface area contributed by atoms with Gasteiger partial charge in [0.05, 0.1) is 7.05 Å². The van der Waals surface area contributed by atoms with E-state index in [1.807, 2.05) is 41.9 Å². The molecule has 0 amide bonds. The van der Waals surface area contributed by atoms with Gasteiger partial charge < -0.3 is 0 Å². The molecule has 0 saturated heterocycles. The van der Waals surface area contributed by atoms with Crippen molar-refractivity contribution in [3.8, 4) is 17.1 Å². The van der Waals surface area contributed by atoms with Crippen molar-refractivity contribution in [1.29, 1.82) is 0 Å². The summed E-state index contributed by atoms with van der Waals surface area (Å²) < 4.78 is 32.7. The van der Waals surface area contributed by atoms with Gasteiger partial charge in [0.25, 0.3) is 5.82 Å². The first-order chi connectivity index (χ1) is 12.9. The standard InChI is InChI=1S/C23H21F2N2/c1-14-8-7-9-15(2)22(14)27-20-11-6-5-10-19(20)26(4)23(27)21-16(3)12-17(24)13-18(21)25/h5-13H,1-4H3/q+1. The molecule has 0 saturated carbocycles. The first-order valence-corrected chi connectivity index (χ1v) is 8.92. The van der Waals surface area contributed by atoms with Gasteiger partial charge >= 0.3 is 0 Å². The van der Waals surface area contributed by atoms with Crippen LogP contribution in [0.1, 0.15) is 16.7 Å². The van der Waals surface area contributed by atoms with Crippen molar-refractivity contribution >= 4 is 11.0 Å². The third kappa shape index (κ3) is 2.64. The number of hydrogen-bond acceptors (Lipinski definition) is 0. The molecule has 2 nitrogen and oxygen atoms in total. The molecule has 0 unspecified atom stereocenters. The van der Waals surface area contributed by atoms with Gasteiger partial charge in [-0.2, -0.15) is 4.57 Å². The van der Waals surface area contributed by atoms with E-state index in [9.17, 15) is 8.78 Å². The lowest BCUT2D eigenvalue weighted by Crippen LogP contribution is -2.31. The van der Waals surface area contributed by atoms with Crippen molar-refractivity contribution in [2.45, 2.75) is 20.8 Å². The predicted octanol–water partition coefficient (Wildman–Crippen LogP) is 5.33. The third-order valence-corrected chi connectivity index (χ3v) is 5.15. The van der Waals surface area contributed by atoms with Gasteiger partial charge in [-0.25, -0.2) is 13.3 Å². The number of para-hydroxylation sites is 3. The van der Waals surface area contributed by atoms with Crippen LogP contribution < -0.4 is 4.57 Å². The van der Waals surface area contributed by atoms with Crippen LogP contribution in [0.4, 0.5) is 8.78 Å². The summed E-state index contributed by atoms with van der Waals surface area (Å²) >= 11 is 0. The number of hydrogen-bond donors (Lipinski definition) is 0. The summed E-state index contributed by atoms with van der Waals surface area (Å²) in [5, 5.41) is 0. The highest BCUT2D eigenvalue weighted by Gasteiger charge is 2.30. The van der Waals surface area contributed by atoms with E-state index in [-0.39, 0.29) is 0 Å². The molecule has 0 aliphatic heterocycles. The fraction of sp³-hybridized carbons (Fsp3) is 0.174. The van der Waals surface area contributed by atoms with E-state index in [1.165, 1.54) is 6.07 Å². The number of benzene rings is 3. The van der Waals surface area contributed by atoms with Gasteiger partial charge in [-0.05, 0) is 55.7 Å². The number of nitrogens with zero attached hydrogens (tertiary/aromatic N) is 2. The largest absolute Gasteiger partial charge is 0.298 e. The number of imidazole rings is 1. The van der Waals surface area contributed by atoms with Gasteiger partial charge in [-0.15, -0.1) is 0 Å². The molecule has 4 rings (SSSR count). The second kappa shape index (κ2) is 6.31. The highest BCUT2D eigenvalue weighted by atomic mass is 19.1. The average molecular weight is 363 g/mol. The van der Waals surface area contributed by atoms with Crippen LogP contribution >= 0.6 is 0 Å². The molecule has 4 aromatic rings. The normalized spacial score (nSPS) is 11.3. The minimum atomic E-state index is -0.564. The summed E-state index contributed by atoms with van der Waals surface area (Å²) in [6.07, 6.45) is 0. The van der Waals surface area contributed by atoms with E-state index in [0.717, 1.165) is 33.9 Å². The van der Waals surface area contributed by atoms with Crippen LogP contribution in [-0.2, 0) is 7.05 Å². The maximum atomic E-state index is 14.9. The van der Waals surface area contributed by atoms with E-state index in [1.54, 1.807) is 6.92 Å². The van der Waals surface area contributed by atoms with Crippen LogP contribution in [0, 0.1) is 32.4 Å². The van der Waals surface area contributed by atoms with Crippen molar-refractivity contribution in [2.75, 3.05) is 0 Å². The Morgan fingerprint density at radius 1 is 0.815 bits per heavy atom. The van der Waals surface area contributed by atoms with Crippen molar-refractivity contribution < 1.29 is 13.3 Å². The molecule has 4 heteroatoms. The number of rotatable bonds is 2. The Balaban J connectivity index is 2.22. The summed E-state index contributed by atoms with van der Waals surface area (Å²) in [5.41, 5.74) is 6.16. The minimum absolute atomic E-state index is 0.415. The van der Waals surface area contributed by atoms with Crippen molar-refractivity contribution in [3.05, 3.63) is 82.9 Å². The molecule has 0 aliphatic rings. The summed E-state index contributed by atoms with van der Waals surface area (Å²) in [7, 11) is 1.92. The monoisotopic (exact) mass is 363 g/mol. The van der Waals surface area contributed by atoms with Crippen LogP contribution in [0.3, 0.4) is 0 Å². The molecule has 0 aliphatic carbocycles. The van der Waals surface area contributed by atoms with Gasteiger partial charge in [-0.3, -0.25) is 0 Å². The fourth-order valence-corrected chi connectivity index (χ4v) is 3.96. The molecule has 0 radical (unpaired) electrons. The molecule has 3 aromatic carbocycles. The number of aryl methyl sites for hydroxylation is 4. The Kier molecular flexibility index (Phi) is 4.06. The molecule has 1 aromatic heterocycles. The second-order valence-corrected chi connectivity index (χ2v) is 7.03. The molecule has 1 heterocycles. The minimum Gasteiger partial charge on any atom is -0.225 e. The number of fused-ring (bicyclic) bond motifs is 1.